The lowest BCUT2D eigenvalue weighted by Crippen LogP contribution is -2.52. The number of hydrogen-bond acceptors (Lipinski definition) is 3. The highest BCUT2D eigenvalue weighted by atomic mass is 16.2. The lowest BCUT2D eigenvalue weighted by Gasteiger charge is -2.37. The number of rotatable bonds is 6. The highest BCUT2D eigenvalue weighted by molar-refractivity contribution is 5.98. The van der Waals surface area contributed by atoms with Gasteiger partial charge in [0.15, 0.2) is 0 Å². The summed E-state index contributed by atoms with van der Waals surface area (Å²) in [5.74, 6) is 0.0508. The number of hydrogen-bond donors (Lipinski definition) is 1. The minimum atomic E-state index is -0.160. The first-order valence-electron chi connectivity index (χ1n) is 10.7. The minimum absolute atomic E-state index is 0.0508. The van der Waals surface area contributed by atoms with Crippen molar-refractivity contribution < 1.29 is 4.79 Å². The van der Waals surface area contributed by atoms with E-state index in [0.717, 1.165) is 49.5 Å². The Balaban J connectivity index is 1.35. The Morgan fingerprint density at radius 2 is 1.43 bits per heavy atom. The second-order valence-electron chi connectivity index (χ2n) is 7.87. The highest BCUT2D eigenvalue weighted by Crippen LogP contribution is 2.27. The molecule has 3 aromatic rings. The molecule has 0 spiro atoms. The van der Waals surface area contributed by atoms with Crippen LogP contribution in [0.5, 0.6) is 0 Å². The van der Waals surface area contributed by atoms with Gasteiger partial charge in [0.2, 0.25) is 5.91 Å². The maximum Gasteiger partial charge on any atom is 0.241 e. The van der Waals surface area contributed by atoms with Crippen molar-refractivity contribution in [3.63, 3.8) is 0 Å². The molecule has 4 nitrogen and oxygen atoms in total. The monoisotopic (exact) mass is 399 g/mol. The van der Waals surface area contributed by atoms with E-state index in [4.69, 9.17) is 0 Å². The first-order chi connectivity index (χ1) is 14.7. The summed E-state index contributed by atoms with van der Waals surface area (Å²) >= 11 is 0. The van der Waals surface area contributed by atoms with E-state index in [9.17, 15) is 4.79 Å². The van der Waals surface area contributed by atoms with E-state index >= 15 is 0 Å². The first kappa shape index (κ1) is 20.3. The molecule has 1 amide bonds. The molecule has 1 atom stereocenters. The van der Waals surface area contributed by atoms with Crippen molar-refractivity contribution >= 4 is 11.6 Å². The van der Waals surface area contributed by atoms with E-state index in [1.165, 1.54) is 5.56 Å². The van der Waals surface area contributed by atoms with E-state index in [2.05, 4.69) is 63.6 Å². The molecule has 1 aliphatic rings. The third kappa shape index (κ3) is 4.96. The zero-order valence-corrected chi connectivity index (χ0v) is 17.5. The quantitative estimate of drug-likeness (QED) is 0.663. The molecule has 3 aromatic carbocycles. The number of amides is 1. The second-order valence-corrected chi connectivity index (χ2v) is 7.87. The molecule has 0 bridgehead atoms. The number of benzene rings is 3. The molecule has 154 valence electrons. The van der Waals surface area contributed by atoms with Gasteiger partial charge in [-0.3, -0.25) is 14.6 Å². The van der Waals surface area contributed by atoms with Crippen LogP contribution in [0.2, 0.25) is 0 Å². The lowest BCUT2D eigenvalue weighted by molar-refractivity contribution is -0.121. The molecule has 0 saturated carbocycles. The fourth-order valence-electron chi connectivity index (χ4n) is 4.01. The maximum absolute atomic E-state index is 13.0. The van der Waals surface area contributed by atoms with Crippen molar-refractivity contribution in [1.82, 2.24) is 9.80 Å². The van der Waals surface area contributed by atoms with Crippen molar-refractivity contribution in [2.24, 2.45) is 0 Å². The molecule has 1 aliphatic heterocycles. The normalized spacial score (nSPS) is 16.2. The van der Waals surface area contributed by atoms with Gasteiger partial charge in [0.25, 0.3) is 0 Å². The summed E-state index contributed by atoms with van der Waals surface area (Å²) in [4.78, 5) is 17.7. The number of nitrogens with zero attached hydrogens (tertiary/aromatic N) is 2. The molecule has 4 heteroatoms. The molecule has 0 unspecified atom stereocenters. The average molecular weight is 400 g/mol. The molecule has 1 saturated heterocycles. The predicted octanol–water partition coefficient (Wildman–Crippen LogP) is 4.50. The van der Waals surface area contributed by atoms with Gasteiger partial charge >= 0.3 is 0 Å². The van der Waals surface area contributed by atoms with Crippen LogP contribution in [0, 0.1) is 0 Å². The van der Waals surface area contributed by atoms with Gasteiger partial charge in [0.05, 0.1) is 6.04 Å². The van der Waals surface area contributed by atoms with Crippen LogP contribution in [0.15, 0.2) is 84.9 Å². The molecule has 30 heavy (non-hydrogen) atoms. The van der Waals surface area contributed by atoms with Crippen LogP contribution in [0.1, 0.15) is 12.5 Å². The second kappa shape index (κ2) is 9.70. The molecule has 4 rings (SSSR count). The van der Waals surface area contributed by atoms with E-state index in [1.54, 1.807) is 0 Å². The topological polar surface area (TPSA) is 35.6 Å². The van der Waals surface area contributed by atoms with Crippen LogP contribution in [0.25, 0.3) is 11.1 Å². The summed E-state index contributed by atoms with van der Waals surface area (Å²) in [6, 6.07) is 28.6. The molecule has 0 aliphatic carbocycles. The standard InChI is InChI=1S/C26H29N3O/c1-21(29-18-16-28(17-19-29)20-22-10-4-2-5-11-22)26(30)27-25-15-9-8-14-24(25)23-12-6-3-7-13-23/h2-15,21H,16-20H2,1H3,(H,27,30)/t21-/m1/s1. The maximum atomic E-state index is 13.0. The zero-order chi connectivity index (χ0) is 20.8. The Morgan fingerprint density at radius 3 is 2.13 bits per heavy atom. The fraction of sp³-hybridized carbons (Fsp3) is 0.269. The van der Waals surface area contributed by atoms with Crippen molar-refractivity contribution in [2.75, 3.05) is 31.5 Å². The Kier molecular flexibility index (Phi) is 6.57. The zero-order valence-electron chi connectivity index (χ0n) is 17.5. The molecule has 0 radical (unpaired) electrons. The van der Waals surface area contributed by atoms with Crippen LogP contribution in [-0.4, -0.2) is 47.9 Å². The number of carbonyl (C=O) groups is 1. The third-order valence-corrected chi connectivity index (χ3v) is 5.85. The summed E-state index contributed by atoms with van der Waals surface area (Å²) in [5, 5.41) is 3.16. The number of anilines is 1. The van der Waals surface area contributed by atoms with Crippen molar-refractivity contribution in [3.8, 4) is 11.1 Å². The van der Waals surface area contributed by atoms with Gasteiger partial charge in [-0.2, -0.15) is 0 Å². The number of carbonyl (C=O) groups excluding carboxylic acids is 1. The Bertz CT molecular complexity index is 950. The van der Waals surface area contributed by atoms with Crippen molar-refractivity contribution in [1.29, 1.82) is 0 Å². The Hall–Kier alpha value is -2.95. The summed E-state index contributed by atoms with van der Waals surface area (Å²) < 4.78 is 0. The smallest absolute Gasteiger partial charge is 0.241 e. The molecule has 1 N–H and O–H groups in total. The summed E-state index contributed by atoms with van der Waals surface area (Å²) in [7, 11) is 0. The lowest BCUT2D eigenvalue weighted by atomic mass is 10.0. The predicted molar refractivity (Wildman–Crippen MR) is 123 cm³/mol. The van der Waals surface area contributed by atoms with Gasteiger partial charge in [0.1, 0.15) is 0 Å². The van der Waals surface area contributed by atoms with Crippen molar-refractivity contribution in [3.05, 3.63) is 90.5 Å². The Labute approximate surface area is 179 Å². The molecule has 1 fully saturated rings. The van der Waals surface area contributed by atoms with E-state index < -0.39 is 0 Å². The van der Waals surface area contributed by atoms with Crippen LogP contribution in [-0.2, 0) is 11.3 Å². The average Bonchev–Trinajstić information content (AvgIpc) is 2.81. The van der Waals surface area contributed by atoms with Gasteiger partial charge < -0.3 is 5.32 Å². The van der Waals surface area contributed by atoms with Crippen LogP contribution in [0.4, 0.5) is 5.69 Å². The summed E-state index contributed by atoms with van der Waals surface area (Å²) in [5.41, 5.74) is 4.36. The van der Waals surface area contributed by atoms with Crippen molar-refractivity contribution in [2.45, 2.75) is 19.5 Å². The number of piperazine rings is 1. The van der Waals surface area contributed by atoms with Gasteiger partial charge in [-0.1, -0.05) is 78.9 Å². The fourth-order valence-corrected chi connectivity index (χ4v) is 4.01. The van der Waals surface area contributed by atoms with Crippen LogP contribution in [0.3, 0.4) is 0 Å². The molecular weight excluding hydrogens is 370 g/mol. The number of nitrogens with one attached hydrogen (secondary N) is 1. The Morgan fingerprint density at radius 1 is 0.833 bits per heavy atom. The van der Waals surface area contributed by atoms with Gasteiger partial charge in [-0.05, 0) is 24.1 Å². The van der Waals surface area contributed by atoms with E-state index in [0.29, 0.717) is 0 Å². The minimum Gasteiger partial charge on any atom is -0.324 e. The third-order valence-electron chi connectivity index (χ3n) is 5.85. The summed E-state index contributed by atoms with van der Waals surface area (Å²) in [6.45, 7) is 6.75. The summed E-state index contributed by atoms with van der Waals surface area (Å²) in [6.07, 6.45) is 0. The SMILES string of the molecule is C[C@H](C(=O)Nc1ccccc1-c1ccccc1)N1CCN(Cc2ccccc2)CC1. The first-order valence-corrected chi connectivity index (χ1v) is 10.7. The molecule has 1 heterocycles. The van der Waals surface area contributed by atoms with Gasteiger partial charge in [-0.25, -0.2) is 0 Å². The van der Waals surface area contributed by atoms with Crippen LogP contribution >= 0.6 is 0 Å². The van der Waals surface area contributed by atoms with E-state index in [1.807, 2.05) is 43.3 Å². The highest BCUT2D eigenvalue weighted by Gasteiger charge is 2.26. The van der Waals surface area contributed by atoms with Gasteiger partial charge in [-0.15, -0.1) is 0 Å². The largest absolute Gasteiger partial charge is 0.324 e. The van der Waals surface area contributed by atoms with Gasteiger partial charge in [0, 0.05) is 44.0 Å². The molecular formula is C26H29N3O. The van der Waals surface area contributed by atoms with Crippen LogP contribution < -0.4 is 5.32 Å². The molecule has 0 aromatic heterocycles. The van der Waals surface area contributed by atoms with E-state index in [-0.39, 0.29) is 11.9 Å². The number of para-hydroxylation sites is 1.